The zero-order valence-electron chi connectivity index (χ0n) is 18.6. The van der Waals surface area contributed by atoms with Crippen LogP contribution in [-0.4, -0.2) is 21.5 Å². The average Bonchev–Trinajstić information content (AvgIpc) is 3.61. The van der Waals surface area contributed by atoms with Crippen molar-refractivity contribution in [1.29, 1.82) is 0 Å². The van der Waals surface area contributed by atoms with Crippen molar-refractivity contribution < 1.29 is 22.6 Å². The van der Waals surface area contributed by atoms with E-state index in [1.54, 1.807) is 23.0 Å². The second kappa shape index (κ2) is 8.56. The van der Waals surface area contributed by atoms with Crippen molar-refractivity contribution in [3.05, 3.63) is 102 Å². The Labute approximate surface area is 209 Å². The summed E-state index contributed by atoms with van der Waals surface area (Å²) in [4.78, 5) is 6.48. The lowest BCUT2D eigenvalue weighted by molar-refractivity contribution is -0.137. The van der Waals surface area contributed by atoms with Crippen molar-refractivity contribution in [3.8, 4) is 17.2 Å². The normalized spacial score (nSPS) is 19.0. The fraction of sp³-hybridized carbons (Fsp3) is 0.154. The van der Waals surface area contributed by atoms with E-state index in [2.05, 4.69) is 10.3 Å². The van der Waals surface area contributed by atoms with Gasteiger partial charge in [0.15, 0.2) is 16.6 Å². The monoisotopic (exact) mass is 508 g/mol. The topological polar surface area (TPSA) is 51.6 Å². The summed E-state index contributed by atoms with van der Waals surface area (Å²) in [5.41, 5.74) is 1.94. The second-order valence-corrected chi connectivity index (χ2v) is 8.77. The molecule has 6 nitrogen and oxygen atoms in total. The Hall–Kier alpha value is -4.05. The summed E-state index contributed by atoms with van der Waals surface area (Å²) in [5, 5.41) is 3.83. The summed E-state index contributed by atoms with van der Waals surface area (Å²) in [5.74, 6) is 1.24. The van der Waals surface area contributed by atoms with E-state index in [0.717, 1.165) is 29.2 Å². The zero-order chi connectivity index (χ0) is 24.9. The first kappa shape index (κ1) is 22.4. The number of rotatable bonds is 4. The van der Waals surface area contributed by atoms with Gasteiger partial charge >= 0.3 is 6.18 Å². The molecule has 0 amide bonds. The highest BCUT2D eigenvalue weighted by molar-refractivity contribution is 7.80. The quantitative estimate of drug-likeness (QED) is 0.352. The van der Waals surface area contributed by atoms with E-state index >= 15 is 0 Å². The number of thiocarbonyl (C=S) groups is 1. The summed E-state index contributed by atoms with van der Waals surface area (Å²) in [6.07, 6.45) is -0.999. The molecule has 0 radical (unpaired) electrons. The Kier molecular flexibility index (Phi) is 5.33. The van der Waals surface area contributed by atoms with Gasteiger partial charge in [-0.3, -0.25) is 4.98 Å². The molecule has 0 spiro atoms. The van der Waals surface area contributed by atoms with E-state index < -0.39 is 17.8 Å². The minimum Gasteiger partial charge on any atom is -0.454 e. The number of fused-ring (bicyclic) bond motifs is 1. The third-order valence-electron chi connectivity index (χ3n) is 6.27. The van der Waals surface area contributed by atoms with Crippen LogP contribution < -0.4 is 19.7 Å². The van der Waals surface area contributed by atoms with Crippen molar-refractivity contribution in [2.24, 2.45) is 0 Å². The van der Waals surface area contributed by atoms with Crippen molar-refractivity contribution in [1.82, 2.24) is 14.9 Å². The Bertz CT molecular complexity index is 1440. The molecule has 2 aromatic heterocycles. The van der Waals surface area contributed by atoms with Crippen molar-refractivity contribution in [2.45, 2.75) is 18.3 Å². The maximum absolute atomic E-state index is 13.5. The van der Waals surface area contributed by atoms with Gasteiger partial charge in [0.2, 0.25) is 6.79 Å². The summed E-state index contributed by atoms with van der Waals surface area (Å²) >= 11 is 5.77. The minimum absolute atomic E-state index is 0.139. The first-order valence-corrected chi connectivity index (χ1v) is 11.6. The van der Waals surface area contributed by atoms with Gasteiger partial charge in [-0.25, -0.2) is 0 Å². The van der Waals surface area contributed by atoms with Crippen LogP contribution in [-0.2, 0) is 6.18 Å². The van der Waals surface area contributed by atoms with Crippen LogP contribution in [0, 0.1) is 0 Å². The van der Waals surface area contributed by atoms with Gasteiger partial charge in [0.25, 0.3) is 0 Å². The molecule has 6 rings (SSSR count). The van der Waals surface area contributed by atoms with Crippen LogP contribution >= 0.6 is 12.2 Å². The molecular weight excluding hydrogens is 489 g/mol. The molecule has 182 valence electrons. The van der Waals surface area contributed by atoms with Gasteiger partial charge in [-0.05, 0) is 66.8 Å². The predicted octanol–water partition coefficient (Wildman–Crippen LogP) is 5.80. The van der Waals surface area contributed by atoms with Gasteiger partial charge in [0.05, 0.1) is 17.3 Å². The molecule has 0 saturated carbocycles. The Balaban J connectivity index is 1.49. The highest BCUT2D eigenvalue weighted by Gasteiger charge is 2.42. The number of nitrogens with zero attached hydrogens (tertiary/aromatic N) is 3. The predicted molar refractivity (Wildman–Crippen MR) is 131 cm³/mol. The van der Waals surface area contributed by atoms with Crippen LogP contribution in [0.3, 0.4) is 0 Å². The number of hydrogen-bond acceptors (Lipinski definition) is 4. The minimum atomic E-state index is -4.45. The molecule has 2 aliphatic heterocycles. The molecule has 0 aliphatic carbocycles. The lowest BCUT2D eigenvalue weighted by atomic mass is 10.0. The van der Waals surface area contributed by atoms with Crippen LogP contribution in [0.25, 0.3) is 5.69 Å². The molecule has 1 saturated heterocycles. The van der Waals surface area contributed by atoms with Crippen molar-refractivity contribution in [2.75, 3.05) is 11.7 Å². The molecule has 36 heavy (non-hydrogen) atoms. The molecule has 0 bridgehead atoms. The van der Waals surface area contributed by atoms with Crippen molar-refractivity contribution in [3.63, 3.8) is 0 Å². The number of alkyl halides is 3. The Morgan fingerprint density at radius 2 is 1.78 bits per heavy atom. The number of anilines is 1. The van der Waals surface area contributed by atoms with Crippen molar-refractivity contribution >= 4 is 23.0 Å². The lowest BCUT2D eigenvalue weighted by Crippen LogP contribution is -2.30. The Morgan fingerprint density at radius 3 is 2.58 bits per heavy atom. The first-order chi connectivity index (χ1) is 17.4. The molecule has 4 aromatic rings. The molecule has 0 unspecified atom stereocenters. The van der Waals surface area contributed by atoms with Crippen LogP contribution in [0.15, 0.2) is 85.2 Å². The zero-order valence-corrected chi connectivity index (χ0v) is 19.5. The molecule has 2 aliphatic rings. The fourth-order valence-corrected chi connectivity index (χ4v) is 5.02. The SMILES string of the molecule is FC(F)(F)c1cccc(-n2cccc2[C@H]2[C@@H](c3ccccn3)NC(=S)N2c2ccc3c(c2)OCO3)c1. The van der Waals surface area contributed by atoms with E-state index in [1.807, 2.05) is 53.4 Å². The van der Waals surface area contributed by atoms with E-state index in [-0.39, 0.29) is 12.8 Å². The highest BCUT2D eigenvalue weighted by atomic mass is 32.1. The van der Waals surface area contributed by atoms with Gasteiger partial charge < -0.3 is 24.3 Å². The molecule has 10 heteroatoms. The molecule has 1 fully saturated rings. The summed E-state index contributed by atoms with van der Waals surface area (Å²) in [6, 6.07) is 19.3. The Morgan fingerprint density at radius 1 is 0.917 bits per heavy atom. The molecule has 1 N–H and O–H groups in total. The first-order valence-electron chi connectivity index (χ1n) is 11.2. The average molecular weight is 509 g/mol. The second-order valence-electron chi connectivity index (χ2n) is 8.39. The fourth-order valence-electron chi connectivity index (χ4n) is 4.67. The number of halogens is 3. The smallest absolute Gasteiger partial charge is 0.416 e. The van der Waals surface area contributed by atoms with E-state index in [4.69, 9.17) is 21.7 Å². The number of aromatic nitrogens is 2. The maximum atomic E-state index is 13.5. The molecular formula is C26H19F3N4O2S. The number of pyridine rings is 1. The number of ether oxygens (including phenoxy) is 2. The summed E-state index contributed by atoms with van der Waals surface area (Å²) < 4.78 is 53.2. The van der Waals surface area contributed by atoms with Gasteiger partial charge in [0, 0.05) is 35.5 Å². The third kappa shape index (κ3) is 3.83. The summed E-state index contributed by atoms with van der Waals surface area (Å²) in [7, 11) is 0. The molecule has 2 atom stereocenters. The molecule has 2 aromatic carbocycles. The maximum Gasteiger partial charge on any atom is 0.416 e. The highest BCUT2D eigenvalue weighted by Crippen LogP contribution is 2.45. The van der Waals surface area contributed by atoms with Crippen LogP contribution in [0.1, 0.15) is 29.0 Å². The van der Waals surface area contributed by atoms with Gasteiger partial charge in [-0.15, -0.1) is 0 Å². The number of nitrogens with one attached hydrogen (secondary N) is 1. The number of benzene rings is 2. The third-order valence-corrected chi connectivity index (χ3v) is 6.58. The lowest BCUT2D eigenvalue weighted by Gasteiger charge is -2.29. The van der Waals surface area contributed by atoms with E-state index in [1.165, 1.54) is 6.07 Å². The largest absolute Gasteiger partial charge is 0.454 e. The number of hydrogen-bond donors (Lipinski definition) is 1. The van der Waals surface area contributed by atoms with E-state index in [9.17, 15) is 13.2 Å². The van der Waals surface area contributed by atoms with Crippen LogP contribution in [0.5, 0.6) is 11.5 Å². The van der Waals surface area contributed by atoms with Gasteiger partial charge in [-0.1, -0.05) is 12.1 Å². The van der Waals surface area contributed by atoms with Gasteiger partial charge in [0.1, 0.15) is 6.04 Å². The van der Waals surface area contributed by atoms with Gasteiger partial charge in [-0.2, -0.15) is 13.2 Å². The summed E-state index contributed by atoms with van der Waals surface area (Å²) in [6.45, 7) is 0.139. The molecule has 4 heterocycles. The standard InChI is InChI=1S/C26H19F3N4O2S/c27-26(28,29)16-5-3-6-17(13-16)32-12-4-8-20(32)24-23(19-7-1-2-11-30-19)31-25(36)33(24)18-9-10-21-22(14-18)35-15-34-21/h1-14,23-24H,15H2,(H,31,36)/t23-,24+/m1/s1. The van der Waals surface area contributed by atoms with E-state index in [0.29, 0.717) is 22.3 Å². The van der Waals surface area contributed by atoms with Crippen LogP contribution in [0.2, 0.25) is 0 Å². The van der Waals surface area contributed by atoms with Crippen LogP contribution in [0.4, 0.5) is 18.9 Å².